The molecule has 1 aromatic heterocycles. The van der Waals surface area contributed by atoms with Gasteiger partial charge in [-0.3, -0.25) is 15.0 Å². The van der Waals surface area contributed by atoms with Gasteiger partial charge in [0.2, 0.25) is 0 Å². The lowest BCUT2D eigenvalue weighted by atomic mass is 9.84. The van der Waals surface area contributed by atoms with Crippen LogP contribution in [0.25, 0.3) is 0 Å². The smallest absolute Gasteiger partial charge is 0.326 e. The van der Waals surface area contributed by atoms with Crippen LogP contribution < -0.4 is 19.7 Å². The number of hydrogen-bond acceptors (Lipinski definition) is 8. The van der Waals surface area contributed by atoms with Crippen molar-refractivity contribution in [1.82, 2.24) is 15.2 Å². The normalized spacial score (nSPS) is 14.9. The van der Waals surface area contributed by atoms with E-state index in [9.17, 15) is 19.5 Å². The van der Waals surface area contributed by atoms with E-state index < -0.39 is 17.9 Å². The van der Waals surface area contributed by atoms with Crippen molar-refractivity contribution in [2.75, 3.05) is 38.3 Å². The molecule has 4 rings (SSSR count). The fourth-order valence-corrected chi connectivity index (χ4v) is 4.84. The molecule has 216 valence electrons. The number of fused-ring (bicyclic) bond motifs is 2. The molecule has 2 aliphatic heterocycles. The van der Waals surface area contributed by atoms with E-state index in [4.69, 9.17) is 14.9 Å². The standard InChI is InChI=1S/C28H35N5O6.BrH/c1-7-38-21-12-17-13-32(25(29)22(17)31-23(21)26(35)30-6)14-20(34)16-10-18(28(3,4)5)24-19(11-16)33(8-9-39-24)15(2)27(36)37;/h10-12,15,29H,7-9,13-14H2,1-6H3,(H,30,35)(H,36,37);1H. The molecule has 2 aromatic rings. The van der Waals surface area contributed by atoms with Crippen LogP contribution in [0.2, 0.25) is 0 Å². The average Bonchev–Trinajstić information content (AvgIpc) is 3.19. The zero-order valence-corrected chi connectivity index (χ0v) is 25.3. The fraction of sp³-hybridized carbons (Fsp3) is 0.464. The number of anilines is 1. The zero-order valence-electron chi connectivity index (χ0n) is 23.6. The molecule has 0 saturated carbocycles. The van der Waals surface area contributed by atoms with Crippen LogP contribution in [-0.4, -0.2) is 77.9 Å². The minimum Gasteiger partial charge on any atom is -0.491 e. The Hall–Kier alpha value is -3.67. The number of carbonyl (C=O) groups is 3. The molecule has 11 nitrogen and oxygen atoms in total. The molecule has 12 heteroatoms. The molecule has 0 aliphatic carbocycles. The van der Waals surface area contributed by atoms with E-state index in [1.807, 2.05) is 27.7 Å². The maximum Gasteiger partial charge on any atom is 0.326 e. The highest BCUT2D eigenvalue weighted by molar-refractivity contribution is 8.93. The molecule has 1 aromatic carbocycles. The number of aliphatic carboxylic acids is 1. The monoisotopic (exact) mass is 617 g/mol. The third-order valence-electron chi connectivity index (χ3n) is 6.96. The SMILES string of the molecule is Br.CCOc1cc2c(nc1C(=O)NC)C(=N)N(CC(=O)c1cc3c(c(C(C)(C)C)c1)OCCN3C(C)C(=O)O)C2. The number of nitrogens with zero attached hydrogens (tertiary/aromatic N) is 3. The summed E-state index contributed by atoms with van der Waals surface area (Å²) >= 11 is 0. The Bertz CT molecular complexity index is 1360. The first kappa shape index (κ1) is 30.9. The van der Waals surface area contributed by atoms with Crippen LogP contribution >= 0.6 is 17.0 Å². The predicted molar refractivity (Wildman–Crippen MR) is 156 cm³/mol. The minimum atomic E-state index is -0.963. The Morgan fingerprint density at radius 3 is 2.55 bits per heavy atom. The molecule has 1 amide bonds. The van der Waals surface area contributed by atoms with Gasteiger partial charge in [0, 0.05) is 30.3 Å². The highest BCUT2D eigenvalue weighted by Gasteiger charge is 2.34. The first-order chi connectivity index (χ1) is 18.4. The van der Waals surface area contributed by atoms with Crippen LogP contribution in [-0.2, 0) is 16.8 Å². The van der Waals surface area contributed by atoms with Gasteiger partial charge in [-0.05, 0) is 37.5 Å². The second-order valence-electron chi connectivity index (χ2n) is 10.7. The van der Waals surface area contributed by atoms with E-state index in [1.165, 1.54) is 7.05 Å². The summed E-state index contributed by atoms with van der Waals surface area (Å²) in [6.45, 7) is 10.7. The lowest BCUT2D eigenvalue weighted by Crippen LogP contribution is -2.44. The van der Waals surface area contributed by atoms with Gasteiger partial charge in [0.15, 0.2) is 17.2 Å². The van der Waals surface area contributed by atoms with Crippen molar-refractivity contribution in [2.24, 2.45) is 0 Å². The molecule has 1 atom stereocenters. The lowest BCUT2D eigenvalue weighted by Gasteiger charge is -2.37. The van der Waals surface area contributed by atoms with Gasteiger partial charge in [-0.15, -0.1) is 17.0 Å². The van der Waals surface area contributed by atoms with Crippen molar-refractivity contribution >= 4 is 46.2 Å². The van der Waals surface area contributed by atoms with Gasteiger partial charge in [-0.25, -0.2) is 9.78 Å². The first-order valence-corrected chi connectivity index (χ1v) is 12.9. The number of halogens is 1. The number of ketones is 1. The second-order valence-corrected chi connectivity index (χ2v) is 10.7. The van der Waals surface area contributed by atoms with Crippen molar-refractivity contribution in [3.05, 3.63) is 46.3 Å². The number of nitrogens with one attached hydrogen (secondary N) is 2. The molecule has 3 heterocycles. The van der Waals surface area contributed by atoms with E-state index in [0.29, 0.717) is 53.8 Å². The van der Waals surface area contributed by atoms with Gasteiger partial charge in [-0.2, -0.15) is 0 Å². The van der Waals surface area contributed by atoms with Crippen LogP contribution in [0.4, 0.5) is 5.69 Å². The summed E-state index contributed by atoms with van der Waals surface area (Å²) < 4.78 is 11.6. The number of ether oxygens (including phenoxy) is 2. The molecule has 3 N–H and O–H groups in total. The second kappa shape index (κ2) is 11.8. The van der Waals surface area contributed by atoms with Gasteiger partial charge in [0.1, 0.15) is 29.9 Å². The van der Waals surface area contributed by atoms with Gasteiger partial charge >= 0.3 is 5.97 Å². The fourth-order valence-electron chi connectivity index (χ4n) is 4.84. The van der Waals surface area contributed by atoms with Gasteiger partial charge < -0.3 is 29.7 Å². The number of carboxylic acid groups (broad SMARTS) is 1. The number of carbonyl (C=O) groups excluding carboxylic acids is 2. The van der Waals surface area contributed by atoms with Gasteiger partial charge in [-0.1, -0.05) is 20.8 Å². The summed E-state index contributed by atoms with van der Waals surface area (Å²) in [5.41, 5.74) is 2.54. The average molecular weight is 619 g/mol. The molecular weight excluding hydrogens is 582 g/mol. The number of amidine groups is 1. The molecular formula is C28H36BrN5O6. The third-order valence-corrected chi connectivity index (χ3v) is 6.96. The van der Waals surface area contributed by atoms with Gasteiger partial charge in [0.25, 0.3) is 5.91 Å². The number of carboxylic acids is 1. The molecule has 0 spiro atoms. The number of Topliss-reactive ketones (excluding diaryl/α,β-unsaturated/α-hetero) is 1. The van der Waals surface area contributed by atoms with Gasteiger partial charge in [0.05, 0.1) is 25.4 Å². The highest BCUT2D eigenvalue weighted by atomic mass is 79.9. The Morgan fingerprint density at radius 1 is 1.25 bits per heavy atom. The van der Waals surface area contributed by atoms with Crippen molar-refractivity contribution < 1.29 is 29.0 Å². The maximum atomic E-state index is 13.6. The number of amides is 1. The maximum absolute atomic E-state index is 13.6. The van der Waals surface area contributed by atoms with Crippen LogP contribution in [0.15, 0.2) is 18.2 Å². The Morgan fingerprint density at radius 2 is 1.95 bits per heavy atom. The molecule has 0 bridgehead atoms. The van der Waals surface area contributed by atoms with Crippen molar-refractivity contribution in [3.8, 4) is 11.5 Å². The first-order valence-electron chi connectivity index (χ1n) is 12.9. The summed E-state index contributed by atoms with van der Waals surface area (Å²) in [6.07, 6.45) is 0. The van der Waals surface area contributed by atoms with Crippen molar-refractivity contribution in [2.45, 2.75) is 52.6 Å². The summed E-state index contributed by atoms with van der Waals surface area (Å²) in [5.74, 6) is -0.649. The third kappa shape index (κ3) is 5.77. The summed E-state index contributed by atoms with van der Waals surface area (Å²) in [4.78, 5) is 45.6. The number of rotatable bonds is 8. The van der Waals surface area contributed by atoms with Crippen LogP contribution in [0, 0.1) is 5.41 Å². The lowest BCUT2D eigenvalue weighted by molar-refractivity contribution is -0.138. The molecule has 2 aliphatic rings. The molecule has 0 radical (unpaired) electrons. The largest absolute Gasteiger partial charge is 0.491 e. The highest BCUT2D eigenvalue weighted by Crippen LogP contribution is 2.43. The Balaban J connectivity index is 0.00000441. The molecule has 0 fully saturated rings. The quantitative estimate of drug-likeness (QED) is 0.379. The summed E-state index contributed by atoms with van der Waals surface area (Å²) in [6, 6.07) is 4.40. The minimum absolute atomic E-state index is 0. The van der Waals surface area contributed by atoms with E-state index in [-0.39, 0.29) is 52.8 Å². The topological polar surface area (TPSA) is 145 Å². The molecule has 40 heavy (non-hydrogen) atoms. The number of hydrogen-bond donors (Lipinski definition) is 3. The molecule has 1 unspecified atom stereocenters. The number of benzene rings is 1. The van der Waals surface area contributed by atoms with Crippen LogP contribution in [0.5, 0.6) is 11.5 Å². The van der Waals surface area contributed by atoms with E-state index in [1.54, 1.807) is 34.9 Å². The van der Waals surface area contributed by atoms with Crippen molar-refractivity contribution in [3.63, 3.8) is 0 Å². The summed E-state index contributed by atoms with van der Waals surface area (Å²) in [7, 11) is 1.50. The van der Waals surface area contributed by atoms with E-state index in [2.05, 4.69) is 10.3 Å². The van der Waals surface area contributed by atoms with E-state index >= 15 is 0 Å². The summed E-state index contributed by atoms with van der Waals surface area (Å²) in [5, 5.41) is 20.9. The van der Waals surface area contributed by atoms with Crippen molar-refractivity contribution in [1.29, 1.82) is 5.41 Å². The number of aromatic nitrogens is 1. The predicted octanol–water partition coefficient (Wildman–Crippen LogP) is 3.41. The number of pyridine rings is 1. The van der Waals surface area contributed by atoms with Crippen LogP contribution in [0.3, 0.4) is 0 Å². The Labute approximate surface area is 244 Å². The van der Waals surface area contributed by atoms with E-state index in [0.717, 1.165) is 5.56 Å². The Kier molecular flexibility index (Phi) is 9.13. The molecule has 0 saturated heterocycles. The zero-order chi connectivity index (χ0) is 28.6. The van der Waals surface area contributed by atoms with Crippen LogP contribution in [0.1, 0.15) is 72.3 Å².